The summed E-state index contributed by atoms with van der Waals surface area (Å²) in [4.78, 5) is 14.3. The molecule has 2 heterocycles. The summed E-state index contributed by atoms with van der Waals surface area (Å²) < 4.78 is 3.25. The van der Waals surface area contributed by atoms with Crippen LogP contribution in [0, 0.1) is 18.8 Å². The molecule has 1 aromatic carbocycles. The molecular formula is C18H21BrN4O. The first-order valence-electron chi connectivity index (χ1n) is 8.56. The van der Waals surface area contributed by atoms with Crippen LogP contribution < -0.4 is 0 Å². The number of aryl methyl sites for hydroxylation is 1. The topological polar surface area (TPSA) is 51.0 Å². The quantitative estimate of drug-likeness (QED) is 0.807. The van der Waals surface area contributed by atoms with Gasteiger partial charge in [-0.15, -0.1) is 10.2 Å². The molecule has 1 aliphatic heterocycles. The molecule has 2 aromatic rings. The second-order valence-corrected chi connectivity index (χ2v) is 7.82. The Morgan fingerprint density at radius 1 is 1.21 bits per heavy atom. The number of amides is 1. The van der Waals surface area contributed by atoms with Gasteiger partial charge in [-0.2, -0.15) is 0 Å². The van der Waals surface area contributed by atoms with E-state index in [4.69, 9.17) is 0 Å². The van der Waals surface area contributed by atoms with E-state index in [-0.39, 0.29) is 0 Å². The van der Waals surface area contributed by atoms with Crippen molar-refractivity contribution in [1.29, 1.82) is 0 Å². The van der Waals surface area contributed by atoms with Crippen LogP contribution in [0.15, 0.2) is 28.7 Å². The van der Waals surface area contributed by atoms with Crippen molar-refractivity contribution in [3.8, 4) is 11.4 Å². The van der Waals surface area contributed by atoms with Crippen LogP contribution >= 0.6 is 15.9 Å². The summed E-state index contributed by atoms with van der Waals surface area (Å²) in [5.74, 6) is 3.01. The van der Waals surface area contributed by atoms with Gasteiger partial charge in [0.2, 0.25) is 5.91 Å². The number of carbonyl (C=O) groups excluding carboxylic acids is 1. The Labute approximate surface area is 150 Å². The molecule has 5 nitrogen and oxygen atoms in total. The largest absolute Gasteiger partial charge is 0.342 e. The number of nitrogens with zero attached hydrogens (tertiary/aromatic N) is 4. The Bertz CT molecular complexity index is 751. The van der Waals surface area contributed by atoms with Gasteiger partial charge in [0.25, 0.3) is 0 Å². The Morgan fingerprint density at radius 3 is 2.67 bits per heavy atom. The number of benzene rings is 1. The first-order valence-corrected chi connectivity index (χ1v) is 9.35. The molecular weight excluding hydrogens is 368 g/mol. The zero-order chi connectivity index (χ0) is 16.7. The zero-order valence-electron chi connectivity index (χ0n) is 13.8. The summed E-state index contributed by atoms with van der Waals surface area (Å²) in [5.41, 5.74) is 1.07. The van der Waals surface area contributed by atoms with Crippen molar-refractivity contribution < 1.29 is 4.79 Å². The van der Waals surface area contributed by atoms with E-state index in [1.54, 1.807) is 0 Å². The molecule has 0 unspecified atom stereocenters. The zero-order valence-corrected chi connectivity index (χ0v) is 15.4. The van der Waals surface area contributed by atoms with Crippen LogP contribution in [0.1, 0.15) is 25.1 Å². The average molecular weight is 389 g/mol. The molecule has 1 saturated heterocycles. The number of halogens is 1. The highest BCUT2D eigenvalue weighted by atomic mass is 79.9. The van der Waals surface area contributed by atoms with E-state index in [1.165, 1.54) is 0 Å². The van der Waals surface area contributed by atoms with Gasteiger partial charge < -0.3 is 9.47 Å². The van der Waals surface area contributed by atoms with Crippen molar-refractivity contribution in [3.05, 3.63) is 34.6 Å². The minimum Gasteiger partial charge on any atom is -0.342 e. The molecule has 1 aromatic heterocycles. The summed E-state index contributed by atoms with van der Waals surface area (Å²) in [7, 11) is 0. The lowest BCUT2D eigenvalue weighted by atomic mass is 10.1. The van der Waals surface area contributed by atoms with E-state index >= 15 is 0 Å². The fraction of sp³-hybridized carbons (Fsp3) is 0.500. The normalized spacial score (nSPS) is 20.6. The molecule has 1 amide bonds. The molecule has 24 heavy (non-hydrogen) atoms. The van der Waals surface area contributed by atoms with Crippen molar-refractivity contribution in [1.82, 2.24) is 19.7 Å². The fourth-order valence-electron chi connectivity index (χ4n) is 3.44. The van der Waals surface area contributed by atoms with Gasteiger partial charge in [-0.3, -0.25) is 4.79 Å². The summed E-state index contributed by atoms with van der Waals surface area (Å²) in [6.07, 6.45) is 3.23. The summed E-state index contributed by atoms with van der Waals surface area (Å²) in [6, 6.07) is 8.16. The molecule has 1 saturated carbocycles. The lowest BCUT2D eigenvalue weighted by Crippen LogP contribution is -2.30. The number of rotatable bonds is 4. The van der Waals surface area contributed by atoms with Crippen LogP contribution in [-0.2, 0) is 11.3 Å². The average Bonchev–Trinajstić information content (AvgIpc) is 3.23. The third-order valence-electron chi connectivity index (χ3n) is 5.00. The molecule has 2 aliphatic rings. The van der Waals surface area contributed by atoms with Crippen LogP contribution in [0.5, 0.6) is 0 Å². The molecule has 0 radical (unpaired) electrons. The molecule has 2 fully saturated rings. The highest BCUT2D eigenvalue weighted by molar-refractivity contribution is 9.10. The van der Waals surface area contributed by atoms with Gasteiger partial charge in [0.05, 0.1) is 0 Å². The number of likely N-dealkylation sites (tertiary alicyclic amines) is 1. The van der Waals surface area contributed by atoms with Crippen molar-refractivity contribution in [2.75, 3.05) is 13.1 Å². The SMILES string of the molecule is Cc1nnc(-c2ccc(Br)cc2)n1C[C@H]1CCN(C(=O)C2CC2)C1. The predicted molar refractivity (Wildman–Crippen MR) is 95.3 cm³/mol. The second-order valence-electron chi connectivity index (χ2n) is 6.90. The summed E-state index contributed by atoms with van der Waals surface area (Å²) >= 11 is 3.47. The molecule has 0 N–H and O–H groups in total. The standard InChI is InChI=1S/C18H21BrN4O/c1-12-20-21-17(14-4-6-16(19)7-5-14)23(12)11-13-8-9-22(10-13)18(24)15-2-3-15/h4-7,13,15H,2-3,8-11H2,1H3/t13-/m0/s1. The first kappa shape index (κ1) is 15.8. The van der Waals surface area contributed by atoms with Gasteiger partial charge in [-0.05, 0) is 44.2 Å². The van der Waals surface area contributed by atoms with Crippen molar-refractivity contribution in [2.45, 2.75) is 32.7 Å². The lowest BCUT2D eigenvalue weighted by molar-refractivity contribution is -0.131. The van der Waals surface area contributed by atoms with Crippen LogP contribution in [0.25, 0.3) is 11.4 Å². The summed E-state index contributed by atoms with van der Waals surface area (Å²) in [5, 5.41) is 8.64. The van der Waals surface area contributed by atoms with Crippen molar-refractivity contribution >= 4 is 21.8 Å². The van der Waals surface area contributed by atoms with Gasteiger partial charge in [0, 0.05) is 35.6 Å². The van der Waals surface area contributed by atoms with Gasteiger partial charge in [-0.1, -0.05) is 28.1 Å². The van der Waals surface area contributed by atoms with E-state index in [2.05, 4.69) is 47.7 Å². The molecule has 1 atom stereocenters. The highest BCUT2D eigenvalue weighted by Gasteiger charge is 2.36. The third kappa shape index (κ3) is 3.11. The van der Waals surface area contributed by atoms with Gasteiger partial charge >= 0.3 is 0 Å². The maximum Gasteiger partial charge on any atom is 0.225 e. The predicted octanol–water partition coefficient (Wildman–Crippen LogP) is 3.27. The van der Waals surface area contributed by atoms with E-state index in [0.29, 0.717) is 17.7 Å². The second kappa shape index (κ2) is 6.31. The van der Waals surface area contributed by atoms with E-state index < -0.39 is 0 Å². The summed E-state index contributed by atoms with van der Waals surface area (Å²) in [6.45, 7) is 4.64. The van der Waals surface area contributed by atoms with E-state index in [0.717, 1.165) is 60.6 Å². The molecule has 1 aliphatic carbocycles. The van der Waals surface area contributed by atoms with E-state index in [9.17, 15) is 4.79 Å². The van der Waals surface area contributed by atoms with E-state index in [1.807, 2.05) is 19.1 Å². The smallest absolute Gasteiger partial charge is 0.225 e. The minimum atomic E-state index is 0.318. The number of hydrogen-bond acceptors (Lipinski definition) is 3. The minimum absolute atomic E-state index is 0.318. The fourth-order valence-corrected chi connectivity index (χ4v) is 3.70. The first-order chi connectivity index (χ1) is 11.6. The number of carbonyl (C=O) groups is 1. The maximum absolute atomic E-state index is 12.2. The van der Waals surface area contributed by atoms with Crippen LogP contribution in [0.2, 0.25) is 0 Å². The van der Waals surface area contributed by atoms with Gasteiger partial charge in [0.15, 0.2) is 5.82 Å². The molecule has 126 valence electrons. The van der Waals surface area contributed by atoms with Crippen molar-refractivity contribution in [2.24, 2.45) is 11.8 Å². The Balaban J connectivity index is 1.50. The van der Waals surface area contributed by atoms with Gasteiger partial charge in [-0.25, -0.2) is 0 Å². The number of aromatic nitrogens is 3. The van der Waals surface area contributed by atoms with Crippen LogP contribution in [-0.4, -0.2) is 38.7 Å². The molecule has 0 spiro atoms. The maximum atomic E-state index is 12.2. The molecule has 6 heteroatoms. The lowest BCUT2D eigenvalue weighted by Gasteiger charge is -2.17. The number of hydrogen-bond donors (Lipinski definition) is 0. The Hall–Kier alpha value is -1.69. The molecule has 0 bridgehead atoms. The van der Waals surface area contributed by atoms with Gasteiger partial charge in [0.1, 0.15) is 5.82 Å². The van der Waals surface area contributed by atoms with Crippen LogP contribution in [0.4, 0.5) is 0 Å². The third-order valence-corrected chi connectivity index (χ3v) is 5.53. The Kier molecular flexibility index (Phi) is 4.16. The molecule has 4 rings (SSSR count). The highest BCUT2D eigenvalue weighted by Crippen LogP contribution is 2.33. The van der Waals surface area contributed by atoms with Crippen LogP contribution in [0.3, 0.4) is 0 Å². The monoisotopic (exact) mass is 388 g/mol. The Morgan fingerprint density at radius 2 is 1.96 bits per heavy atom. The van der Waals surface area contributed by atoms with Crippen molar-refractivity contribution in [3.63, 3.8) is 0 Å².